The van der Waals surface area contributed by atoms with E-state index in [1.165, 1.54) is 24.6 Å². The predicted molar refractivity (Wildman–Crippen MR) is 80.3 cm³/mol. The molecule has 0 unspecified atom stereocenters. The predicted octanol–water partition coefficient (Wildman–Crippen LogP) is 3.12. The molecule has 102 valence electrons. The molecule has 1 fully saturated rings. The van der Waals surface area contributed by atoms with E-state index in [1.54, 1.807) is 0 Å². The molecule has 1 aromatic rings. The van der Waals surface area contributed by atoms with E-state index >= 15 is 0 Å². The quantitative estimate of drug-likeness (QED) is 0.594. The van der Waals surface area contributed by atoms with Gasteiger partial charge in [-0.3, -0.25) is 10.2 Å². The lowest BCUT2D eigenvalue weighted by molar-refractivity contribution is -0.118. The van der Waals surface area contributed by atoms with Gasteiger partial charge in [-0.15, -0.1) is 0 Å². The molecule has 0 heterocycles. The Morgan fingerprint density at radius 2 is 2.00 bits per heavy atom. The van der Waals surface area contributed by atoms with Crippen LogP contribution in [0.15, 0.2) is 24.3 Å². The number of carbonyl (C=O) groups excluding carboxylic acids is 1. The van der Waals surface area contributed by atoms with Gasteiger partial charge in [0.25, 0.3) is 0 Å². The maximum atomic E-state index is 12.0. The third kappa shape index (κ3) is 5.07. The minimum absolute atomic E-state index is 0.120. The molecule has 1 aliphatic rings. The first kappa shape index (κ1) is 14.1. The van der Waals surface area contributed by atoms with Gasteiger partial charge in [0.2, 0.25) is 0 Å². The highest BCUT2D eigenvalue weighted by Gasteiger charge is 2.21. The van der Waals surface area contributed by atoms with Crippen molar-refractivity contribution in [1.82, 2.24) is 0 Å². The molecule has 0 atom stereocenters. The standard InChI is InChI=1S/C15H20N2OS/c16-15(17)19-10-13-4-2-1-3-12(13)9-14(18)8-7-11-5-6-11/h1-4,11H,5-10H2,(H3,16,17). The Hall–Kier alpha value is -1.29. The van der Waals surface area contributed by atoms with Gasteiger partial charge in [0.15, 0.2) is 5.17 Å². The fourth-order valence-corrected chi connectivity index (χ4v) is 2.69. The molecule has 0 radical (unpaired) electrons. The zero-order valence-electron chi connectivity index (χ0n) is 11.0. The highest BCUT2D eigenvalue weighted by atomic mass is 32.2. The van der Waals surface area contributed by atoms with Crippen LogP contribution in [0.25, 0.3) is 0 Å². The summed E-state index contributed by atoms with van der Waals surface area (Å²) in [5.74, 6) is 1.81. The Kier molecular flexibility index (Phi) is 5.02. The highest BCUT2D eigenvalue weighted by molar-refractivity contribution is 8.13. The van der Waals surface area contributed by atoms with E-state index in [0.29, 0.717) is 24.4 Å². The minimum atomic E-state index is 0.120. The largest absolute Gasteiger partial charge is 0.379 e. The van der Waals surface area contributed by atoms with Crippen LogP contribution in [-0.4, -0.2) is 11.0 Å². The third-order valence-electron chi connectivity index (χ3n) is 3.42. The number of nitrogens with two attached hydrogens (primary N) is 1. The van der Waals surface area contributed by atoms with Crippen molar-refractivity contribution in [2.24, 2.45) is 11.7 Å². The molecule has 1 aliphatic carbocycles. The van der Waals surface area contributed by atoms with Crippen molar-refractivity contribution in [2.45, 2.75) is 37.9 Å². The molecule has 4 heteroatoms. The molecule has 0 aromatic heterocycles. The van der Waals surface area contributed by atoms with E-state index in [0.717, 1.165) is 23.5 Å². The lowest BCUT2D eigenvalue weighted by Crippen LogP contribution is -2.07. The van der Waals surface area contributed by atoms with Gasteiger partial charge in [0.05, 0.1) is 0 Å². The molecular formula is C15H20N2OS. The van der Waals surface area contributed by atoms with E-state index in [9.17, 15) is 4.79 Å². The number of rotatable bonds is 7. The van der Waals surface area contributed by atoms with Crippen LogP contribution in [-0.2, 0) is 17.0 Å². The average Bonchev–Trinajstić information content (AvgIpc) is 3.19. The molecule has 0 aliphatic heterocycles. The van der Waals surface area contributed by atoms with E-state index in [4.69, 9.17) is 11.1 Å². The topological polar surface area (TPSA) is 66.9 Å². The minimum Gasteiger partial charge on any atom is -0.379 e. The molecule has 2 rings (SSSR count). The van der Waals surface area contributed by atoms with E-state index in [1.807, 2.05) is 24.3 Å². The molecule has 3 nitrogen and oxygen atoms in total. The lowest BCUT2D eigenvalue weighted by Gasteiger charge is -2.08. The van der Waals surface area contributed by atoms with Crippen LogP contribution >= 0.6 is 11.8 Å². The second-order valence-corrected chi connectivity index (χ2v) is 6.14. The van der Waals surface area contributed by atoms with Gasteiger partial charge < -0.3 is 5.73 Å². The summed E-state index contributed by atoms with van der Waals surface area (Å²) in [4.78, 5) is 12.0. The van der Waals surface area contributed by atoms with Crippen molar-refractivity contribution < 1.29 is 4.79 Å². The first-order chi connectivity index (χ1) is 9.15. The number of hydrogen-bond acceptors (Lipinski definition) is 3. The number of Topliss-reactive ketones (excluding diaryl/α,β-unsaturated/α-hetero) is 1. The summed E-state index contributed by atoms with van der Waals surface area (Å²) in [7, 11) is 0. The van der Waals surface area contributed by atoms with Gasteiger partial charge in [-0.1, -0.05) is 48.9 Å². The third-order valence-corrected chi connectivity index (χ3v) is 4.18. The Morgan fingerprint density at radius 1 is 1.32 bits per heavy atom. The number of amidine groups is 1. The number of carbonyl (C=O) groups is 1. The Labute approximate surface area is 118 Å². The van der Waals surface area contributed by atoms with Crippen LogP contribution in [0.5, 0.6) is 0 Å². The van der Waals surface area contributed by atoms with E-state index in [2.05, 4.69) is 0 Å². The first-order valence-corrected chi connectivity index (χ1v) is 7.69. The van der Waals surface area contributed by atoms with Crippen molar-refractivity contribution in [1.29, 1.82) is 5.41 Å². The number of thioether (sulfide) groups is 1. The SMILES string of the molecule is N=C(N)SCc1ccccc1CC(=O)CCC1CC1. The number of ketones is 1. The summed E-state index contributed by atoms with van der Waals surface area (Å²) in [6.07, 6.45) is 4.89. The van der Waals surface area contributed by atoms with Crippen LogP contribution in [0, 0.1) is 11.3 Å². The maximum Gasteiger partial charge on any atom is 0.151 e. The summed E-state index contributed by atoms with van der Waals surface area (Å²) in [6, 6.07) is 7.95. The van der Waals surface area contributed by atoms with Crippen molar-refractivity contribution in [3.8, 4) is 0 Å². The lowest BCUT2D eigenvalue weighted by atomic mass is 10.0. The van der Waals surface area contributed by atoms with Gasteiger partial charge in [0, 0.05) is 18.6 Å². The van der Waals surface area contributed by atoms with Gasteiger partial charge >= 0.3 is 0 Å². The molecule has 0 saturated heterocycles. The fraction of sp³-hybridized carbons (Fsp3) is 0.467. The molecular weight excluding hydrogens is 256 g/mol. The Balaban J connectivity index is 1.89. The van der Waals surface area contributed by atoms with Crippen molar-refractivity contribution in [2.75, 3.05) is 0 Å². The number of nitrogens with one attached hydrogen (secondary N) is 1. The van der Waals surface area contributed by atoms with Gasteiger partial charge in [-0.25, -0.2) is 0 Å². The summed E-state index contributed by atoms with van der Waals surface area (Å²) < 4.78 is 0. The summed E-state index contributed by atoms with van der Waals surface area (Å²) in [5, 5.41) is 7.37. The smallest absolute Gasteiger partial charge is 0.151 e. The van der Waals surface area contributed by atoms with Gasteiger partial charge in [0.1, 0.15) is 5.78 Å². The maximum absolute atomic E-state index is 12.0. The van der Waals surface area contributed by atoms with E-state index < -0.39 is 0 Å². The van der Waals surface area contributed by atoms with Crippen LogP contribution < -0.4 is 5.73 Å². The van der Waals surface area contributed by atoms with Crippen LogP contribution in [0.2, 0.25) is 0 Å². The summed E-state index contributed by atoms with van der Waals surface area (Å²) in [6.45, 7) is 0. The van der Waals surface area contributed by atoms with Crippen LogP contribution in [0.4, 0.5) is 0 Å². The Morgan fingerprint density at radius 3 is 2.63 bits per heavy atom. The zero-order valence-corrected chi connectivity index (χ0v) is 11.8. The van der Waals surface area contributed by atoms with Crippen molar-refractivity contribution in [3.63, 3.8) is 0 Å². The second-order valence-electron chi connectivity index (χ2n) is 5.12. The molecule has 1 aromatic carbocycles. The monoisotopic (exact) mass is 276 g/mol. The van der Waals surface area contributed by atoms with Crippen molar-refractivity contribution >= 4 is 22.7 Å². The van der Waals surface area contributed by atoms with Crippen molar-refractivity contribution in [3.05, 3.63) is 35.4 Å². The summed E-state index contributed by atoms with van der Waals surface area (Å²) in [5.41, 5.74) is 7.55. The number of hydrogen-bond donors (Lipinski definition) is 2. The first-order valence-electron chi connectivity index (χ1n) is 6.70. The average molecular weight is 276 g/mol. The normalized spacial score (nSPS) is 14.3. The molecule has 0 bridgehead atoms. The zero-order chi connectivity index (χ0) is 13.7. The highest BCUT2D eigenvalue weighted by Crippen LogP contribution is 2.33. The number of benzene rings is 1. The summed E-state index contributed by atoms with van der Waals surface area (Å²) >= 11 is 1.30. The van der Waals surface area contributed by atoms with Gasteiger partial charge in [-0.2, -0.15) is 0 Å². The van der Waals surface area contributed by atoms with Gasteiger partial charge in [-0.05, 0) is 23.5 Å². The second kappa shape index (κ2) is 6.75. The van der Waals surface area contributed by atoms with Crippen LogP contribution in [0.1, 0.15) is 36.8 Å². The molecule has 3 N–H and O–H groups in total. The Bertz CT molecular complexity index is 469. The molecule has 0 amide bonds. The molecule has 0 spiro atoms. The molecule has 19 heavy (non-hydrogen) atoms. The fourth-order valence-electron chi connectivity index (χ4n) is 2.10. The van der Waals surface area contributed by atoms with E-state index in [-0.39, 0.29) is 5.17 Å². The molecule has 1 saturated carbocycles. The van der Waals surface area contributed by atoms with Crippen LogP contribution in [0.3, 0.4) is 0 Å².